The molecule has 1 aliphatic rings. The lowest BCUT2D eigenvalue weighted by atomic mass is 9.81. The normalized spacial score (nSPS) is 23.6. The second kappa shape index (κ2) is 6.33. The summed E-state index contributed by atoms with van der Waals surface area (Å²) in [5.41, 5.74) is 1.00. The van der Waals surface area contributed by atoms with Gasteiger partial charge in [-0.3, -0.25) is 9.59 Å². The van der Waals surface area contributed by atoms with Crippen molar-refractivity contribution in [2.75, 3.05) is 0 Å². The number of carbonyl (C=O) groups is 2. The second-order valence-electron chi connectivity index (χ2n) is 5.99. The molecule has 1 aromatic heterocycles. The molecule has 0 bridgehead atoms. The molecule has 116 valence electrons. The zero-order chi connectivity index (χ0) is 15.6. The summed E-state index contributed by atoms with van der Waals surface area (Å²) in [6.45, 7) is 5.72. The van der Waals surface area contributed by atoms with Crippen molar-refractivity contribution in [3.63, 3.8) is 0 Å². The van der Waals surface area contributed by atoms with Gasteiger partial charge in [0.25, 0.3) is 0 Å². The van der Waals surface area contributed by atoms with Gasteiger partial charge in [-0.25, -0.2) is 0 Å². The molecule has 1 fully saturated rings. The fraction of sp³-hybridized carbons (Fsp3) is 0.625. The van der Waals surface area contributed by atoms with Gasteiger partial charge in [-0.2, -0.15) is 0 Å². The van der Waals surface area contributed by atoms with Crippen molar-refractivity contribution in [1.82, 2.24) is 5.32 Å². The number of furan rings is 1. The summed E-state index contributed by atoms with van der Waals surface area (Å²) in [6.07, 6.45) is 2.48. The highest BCUT2D eigenvalue weighted by molar-refractivity contribution is 5.79. The zero-order valence-electron chi connectivity index (χ0n) is 12.8. The van der Waals surface area contributed by atoms with Crippen LogP contribution in [0.5, 0.6) is 0 Å². The van der Waals surface area contributed by atoms with Gasteiger partial charge in [-0.05, 0) is 52.5 Å². The first kappa shape index (κ1) is 15.6. The first-order valence-corrected chi connectivity index (χ1v) is 7.48. The minimum Gasteiger partial charge on any atom is -0.481 e. The van der Waals surface area contributed by atoms with Gasteiger partial charge in [0, 0.05) is 11.5 Å². The van der Waals surface area contributed by atoms with E-state index in [-0.39, 0.29) is 23.8 Å². The summed E-state index contributed by atoms with van der Waals surface area (Å²) in [4.78, 5) is 23.2. The second-order valence-corrected chi connectivity index (χ2v) is 5.99. The Morgan fingerprint density at radius 3 is 2.29 bits per heavy atom. The van der Waals surface area contributed by atoms with Gasteiger partial charge < -0.3 is 14.8 Å². The van der Waals surface area contributed by atoms with Crippen LogP contribution in [0.1, 0.15) is 55.7 Å². The molecule has 0 aliphatic heterocycles. The van der Waals surface area contributed by atoms with Crippen LogP contribution in [0.25, 0.3) is 0 Å². The van der Waals surface area contributed by atoms with Gasteiger partial charge in [0.1, 0.15) is 11.5 Å². The molecule has 2 N–H and O–H groups in total. The summed E-state index contributed by atoms with van der Waals surface area (Å²) in [6, 6.07) is 1.86. The summed E-state index contributed by atoms with van der Waals surface area (Å²) >= 11 is 0. The van der Waals surface area contributed by atoms with Crippen molar-refractivity contribution in [1.29, 1.82) is 0 Å². The maximum atomic E-state index is 12.3. The molecule has 1 amide bonds. The number of amides is 1. The van der Waals surface area contributed by atoms with E-state index >= 15 is 0 Å². The van der Waals surface area contributed by atoms with Gasteiger partial charge >= 0.3 is 5.97 Å². The molecule has 5 heteroatoms. The number of hydrogen-bond donors (Lipinski definition) is 2. The number of aliphatic carboxylic acids is 1. The SMILES string of the molecule is Cc1cc(C(C)NC(=O)C2CCC(C(=O)O)CC2)c(C)o1. The third kappa shape index (κ3) is 3.65. The van der Waals surface area contributed by atoms with E-state index in [1.807, 2.05) is 26.8 Å². The average Bonchev–Trinajstić information content (AvgIpc) is 2.77. The van der Waals surface area contributed by atoms with Crippen molar-refractivity contribution < 1.29 is 19.1 Å². The van der Waals surface area contributed by atoms with E-state index in [9.17, 15) is 9.59 Å². The number of carboxylic acids is 1. The Morgan fingerprint density at radius 2 is 1.81 bits per heavy atom. The topological polar surface area (TPSA) is 79.5 Å². The molecule has 1 heterocycles. The number of rotatable bonds is 4. The van der Waals surface area contributed by atoms with E-state index in [1.165, 1.54) is 0 Å². The minimum absolute atomic E-state index is 0.0181. The molecule has 0 radical (unpaired) electrons. The Balaban J connectivity index is 1.90. The first-order chi connectivity index (χ1) is 9.88. The molecular formula is C16H23NO4. The minimum atomic E-state index is -0.744. The van der Waals surface area contributed by atoms with Crippen LogP contribution < -0.4 is 5.32 Å². The molecule has 2 rings (SSSR count). The molecule has 0 spiro atoms. The largest absolute Gasteiger partial charge is 0.481 e. The Kier molecular flexibility index (Phi) is 4.70. The highest BCUT2D eigenvalue weighted by Gasteiger charge is 2.30. The third-order valence-corrected chi connectivity index (χ3v) is 4.35. The van der Waals surface area contributed by atoms with Gasteiger partial charge in [0.2, 0.25) is 5.91 Å². The number of nitrogens with one attached hydrogen (secondary N) is 1. The number of carbonyl (C=O) groups excluding carboxylic acids is 1. The van der Waals surface area contributed by atoms with E-state index < -0.39 is 5.97 Å². The standard InChI is InChI=1S/C16H23NO4/c1-9-8-14(11(3)21-9)10(2)17-15(18)12-4-6-13(7-5-12)16(19)20/h8,10,12-13H,4-7H2,1-3H3,(H,17,18)(H,19,20). The van der Waals surface area contributed by atoms with Crippen molar-refractivity contribution in [2.24, 2.45) is 11.8 Å². The van der Waals surface area contributed by atoms with Crippen molar-refractivity contribution in [3.05, 3.63) is 23.2 Å². The highest BCUT2D eigenvalue weighted by atomic mass is 16.4. The molecule has 1 saturated carbocycles. The zero-order valence-corrected chi connectivity index (χ0v) is 12.8. The molecule has 0 aromatic carbocycles. The van der Waals surface area contributed by atoms with Crippen LogP contribution in [0, 0.1) is 25.7 Å². The Hall–Kier alpha value is -1.78. The molecule has 1 aliphatic carbocycles. The van der Waals surface area contributed by atoms with Gasteiger partial charge in [-0.15, -0.1) is 0 Å². The summed E-state index contributed by atoms with van der Waals surface area (Å²) in [5.74, 6) is 0.582. The Bertz CT molecular complexity index is 526. The quantitative estimate of drug-likeness (QED) is 0.894. The van der Waals surface area contributed by atoms with Crippen molar-refractivity contribution in [2.45, 2.75) is 52.5 Å². The average molecular weight is 293 g/mol. The summed E-state index contributed by atoms with van der Waals surface area (Å²) in [5, 5.41) is 12.0. The maximum Gasteiger partial charge on any atom is 0.306 e. The third-order valence-electron chi connectivity index (χ3n) is 4.35. The maximum absolute atomic E-state index is 12.3. The number of hydrogen-bond acceptors (Lipinski definition) is 3. The smallest absolute Gasteiger partial charge is 0.306 e. The predicted octanol–water partition coefficient (Wildman–Crippen LogP) is 2.96. The van der Waals surface area contributed by atoms with Crippen LogP contribution in [0.2, 0.25) is 0 Å². The fourth-order valence-corrected chi connectivity index (χ4v) is 3.09. The molecular weight excluding hydrogens is 270 g/mol. The van der Waals surface area contributed by atoms with Gasteiger partial charge in [-0.1, -0.05) is 0 Å². The van der Waals surface area contributed by atoms with E-state index in [4.69, 9.17) is 9.52 Å². The van der Waals surface area contributed by atoms with E-state index in [1.54, 1.807) is 0 Å². The van der Waals surface area contributed by atoms with Crippen LogP contribution >= 0.6 is 0 Å². The molecule has 5 nitrogen and oxygen atoms in total. The summed E-state index contributed by atoms with van der Waals surface area (Å²) < 4.78 is 5.49. The first-order valence-electron chi connectivity index (χ1n) is 7.48. The van der Waals surface area contributed by atoms with Crippen molar-refractivity contribution >= 4 is 11.9 Å². The highest BCUT2D eigenvalue weighted by Crippen LogP contribution is 2.30. The van der Waals surface area contributed by atoms with Crippen molar-refractivity contribution in [3.8, 4) is 0 Å². The molecule has 1 aromatic rings. The molecule has 21 heavy (non-hydrogen) atoms. The van der Waals surface area contributed by atoms with E-state index in [0.717, 1.165) is 17.1 Å². The lowest BCUT2D eigenvalue weighted by molar-refractivity contribution is -0.144. The molecule has 1 atom stereocenters. The van der Waals surface area contributed by atoms with E-state index in [2.05, 4.69) is 5.32 Å². The number of carboxylic acid groups (broad SMARTS) is 1. The Morgan fingerprint density at radius 1 is 1.24 bits per heavy atom. The van der Waals surface area contributed by atoms with Gasteiger partial charge in [0.05, 0.1) is 12.0 Å². The molecule has 1 unspecified atom stereocenters. The summed E-state index contributed by atoms with van der Waals surface area (Å²) in [7, 11) is 0. The van der Waals surface area contributed by atoms with Gasteiger partial charge in [0.15, 0.2) is 0 Å². The van der Waals surface area contributed by atoms with Crippen LogP contribution in [0.3, 0.4) is 0 Å². The molecule has 0 saturated heterocycles. The fourth-order valence-electron chi connectivity index (χ4n) is 3.09. The number of aryl methyl sites for hydroxylation is 2. The predicted molar refractivity (Wildman–Crippen MR) is 77.8 cm³/mol. The van der Waals surface area contributed by atoms with Crippen LogP contribution in [-0.4, -0.2) is 17.0 Å². The lowest BCUT2D eigenvalue weighted by Crippen LogP contribution is -2.35. The monoisotopic (exact) mass is 293 g/mol. The lowest BCUT2D eigenvalue weighted by Gasteiger charge is -2.26. The van der Waals surface area contributed by atoms with Crippen LogP contribution in [0.15, 0.2) is 10.5 Å². The van der Waals surface area contributed by atoms with Crippen LogP contribution in [-0.2, 0) is 9.59 Å². The van der Waals surface area contributed by atoms with Crippen LogP contribution in [0.4, 0.5) is 0 Å². The Labute approximate surface area is 124 Å². The van der Waals surface area contributed by atoms with E-state index in [0.29, 0.717) is 25.7 Å².